The molecule has 1 amide bonds. The van der Waals surface area contributed by atoms with Crippen LogP contribution < -0.4 is 0 Å². The quantitative estimate of drug-likeness (QED) is 0.651. The number of carboxylic acids is 1. The van der Waals surface area contributed by atoms with E-state index in [4.69, 9.17) is 23.2 Å². The third-order valence-corrected chi connectivity index (χ3v) is 8.87. The van der Waals surface area contributed by atoms with Gasteiger partial charge in [-0.15, -0.1) is 0 Å². The van der Waals surface area contributed by atoms with E-state index in [-0.39, 0.29) is 22.9 Å². The van der Waals surface area contributed by atoms with Crippen molar-refractivity contribution in [3.8, 4) is 0 Å². The third-order valence-electron chi connectivity index (χ3n) is 6.00. The first-order chi connectivity index (χ1) is 14.6. The normalized spacial score (nSPS) is 22.4. The van der Waals surface area contributed by atoms with E-state index in [1.54, 1.807) is 24.3 Å². The van der Waals surface area contributed by atoms with Crippen LogP contribution in [0.5, 0.6) is 0 Å². The van der Waals surface area contributed by atoms with Crippen molar-refractivity contribution in [2.45, 2.75) is 40.9 Å². The van der Waals surface area contributed by atoms with Crippen LogP contribution in [0.1, 0.15) is 24.8 Å². The molecule has 0 bridgehead atoms. The van der Waals surface area contributed by atoms with Gasteiger partial charge in [0.2, 0.25) is 5.91 Å². The third kappa shape index (κ3) is 3.81. The van der Waals surface area contributed by atoms with E-state index in [0.29, 0.717) is 17.9 Å². The maximum Gasteiger partial charge on any atom is 0.326 e. The molecule has 1 heterocycles. The van der Waals surface area contributed by atoms with Crippen molar-refractivity contribution in [1.82, 2.24) is 4.90 Å². The molecule has 0 unspecified atom stereocenters. The van der Waals surface area contributed by atoms with Gasteiger partial charge >= 0.3 is 5.97 Å². The lowest BCUT2D eigenvalue weighted by Gasteiger charge is -2.27. The fraction of sp³-hybridized carbons (Fsp3) is 0.333. The second-order valence-corrected chi connectivity index (χ2v) is 10.9. The zero-order valence-corrected chi connectivity index (χ0v) is 18.4. The predicted octanol–water partition coefficient (Wildman–Crippen LogP) is 3.69. The summed E-state index contributed by atoms with van der Waals surface area (Å²) in [5, 5.41) is 8.76. The minimum Gasteiger partial charge on any atom is -0.480 e. The molecule has 164 valence electrons. The topological polar surface area (TPSA) is 91.8 Å². The SMILES string of the molecule is O=C(O)[C@@H]1C[C@@H](S(=O)(=O)c2ccc(F)cc2Cl)CN1C(=O)C1(c2ccc(Cl)cc2)CC1. The molecule has 0 spiro atoms. The highest BCUT2D eigenvalue weighted by Gasteiger charge is 2.57. The van der Waals surface area contributed by atoms with Crippen LogP contribution in [0.15, 0.2) is 47.4 Å². The predicted molar refractivity (Wildman–Crippen MR) is 113 cm³/mol. The Balaban J connectivity index is 1.65. The van der Waals surface area contributed by atoms with Gasteiger partial charge in [0, 0.05) is 11.6 Å². The number of hydrogen-bond donors (Lipinski definition) is 1. The summed E-state index contributed by atoms with van der Waals surface area (Å²) in [6, 6.07) is 8.42. The van der Waals surface area contributed by atoms with Gasteiger partial charge in [-0.05, 0) is 55.2 Å². The lowest BCUT2D eigenvalue weighted by atomic mass is 9.94. The zero-order chi connectivity index (χ0) is 22.6. The van der Waals surface area contributed by atoms with Gasteiger partial charge in [-0.3, -0.25) is 4.79 Å². The number of nitrogens with zero attached hydrogens (tertiary/aromatic N) is 1. The molecule has 0 aromatic heterocycles. The van der Waals surface area contributed by atoms with Gasteiger partial charge in [-0.1, -0.05) is 35.3 Å². The van der Waals surface area contributed by atoms with E-state index >= 15 is 0 Å². The van der Waals surface area contributed by atoms with E-state index in [1.807, 2.05) is 0 Å². The molecule has 2 atom stereocenters. The Morgan fingerprint density at radius 1 is 1.10 bits per heavy atom. The average Bonchev–Trinajstić information content (AvgIpc) is 3.37. The molecule has 2 aromatic carbocycles. The van der Waals surface area contributed by atoms with E-state index in [0.717, 1.165) is 28.7 Å². The molecule has 2 fully saturated rings. The summed E-state index contributed by atoms with van der Waals surface area (Å²) in [5.41, 5.74) is -0.149. The standard InChI is InChI=1S/C21H18Cl2FNO5S/c22-13-3-1-12(2-4-13)21(7-8-21)20(28)25-11-15(10-17(25)19(26)27)31(29,30)18-6-5-14(24)9-16(18)23/h1-6,9,15,17H,7-8,10-11H2,(H,26,27)/t15-,17+/m1/s1. The summed E-state index contributed by atoms with van der Waals surface area (Å²) < 4.78 is 39.6. The Labute approximate surface area is 188 Å². The molecule has 1 N–H and O–H groups in total. The minimum atomic E-state index is -4.09. The van der Waals surface area contributed by atoms with E-state index < -0.39 is 44.2 Å². The Morgan fingerprint density at radius 3 is 2.29 bits per heavy atom. The van der Waals surface area contributed by atoms with Gasteiger partial charge in [-0.25, -0.2) is 17.6 Å². The summed E-state index contributed by atoms with van der Waals surface area (Å²) >= 11 is 11.9. The first kappa shape index (κ1) is 22.0. The molecular weight excluding hydrogens is 468 g/mol. The number of sulfone groups is 1. The number of hydrogen-bond acceptors (Lipinski definition) is 4. The Bertz CT molecular complexity index is 1160. The first-order valence-electron chi connectivity index (χ1n) is 9.55. The van der Waals surface area contributed by atoms with Crippen LogP contribution in [0.3, 0.4) is 0 Å². The highest BCUT2D eigenvalue weighted by molar-refractivity contribution is 7.92. The monoisotopic (exact) mass is 485 g/mol. The number of rotatable bonds is 5. The Kier molecular flexibility index (Phi) is 5.52. The largest absolute Gasteiger partial charge is 0.480 e. The Hall–Kier alpha value is -2.16. The fourth-order valence-corrected chi connectivity index (χ4v) is 6.52. The number of carbonyl (C=O) groups excluding carboxylic acids is 1. The summed E-state index contributed by atoms with van der Waals surface area (Å²) in [5.74, 6) is -2.37. The lowest BCUT2D eigenvalue weighted by Crippen LogP contribution is -2.46. The van der Waals surface area contributed by atoms with Crippen molar-refractivity contribution < 1.29 is 27.5 Å². The number of halogens is 3. The van der Waals surface area contributed by atoms with Crippen LogP contribution in [-0.2, 0) is 24.8 Å². The molecule has 6 nitrogen and oxygen atoms in total. The maximum atomic E-state index is 13.4. The molecule has 0 radical (unpaired) electrons. The lowest BCUT2D eigenvalue weighted by molar-refractivity contribution is -0.149. The van der Waals surface area contributed by atoms with Crippen molar-refractivity contribution in [1.29, 1.82) is 0 Å². The van der Waals surface area contributed by atoms with Crippen LogP contribution in [-0.4, -0.2) is 48.1 Å². The van der Waals surface area contributed by atoms with Crippen LogP contribution >= 0.6 is 23.2 Å². The van der Waals surface area contributed by atoms with Gasteiger partial charge in [0.1, 0.15) is 11.9 Å². The van der Waals surface area contributed by atoms with E-state index in [9.17, 15) is 27.5 Å². The molecular formula is C21H18Cl2FNO5S. The highest BCUT2D eigenvalue weighted by Crippen LogP contribution is 2.51. The van der Waals surface area contributed by atoms with Gasteiger partial charge in [0.15, 0.2) is 9.84 Å². The Morgan fingerprint density at radius 2 is 1.74 bits per heavy atom. The molecule has 1 saturated heterocycles. The highest BCUT2D eigenvalue weighted by atomic mass is 35.5. The molecule has 1 saturated carbocycles. The van der Waals surface area contributed by atoms with Crippen LogP contribution in [0.2, 0.25) is 10.0 Å². The molecule has 4 rings (SSSR count). The van der Waals surface area contributed by atoms with Gasteiger partial charge in [-0.2, -0.15) is 0 Å². The van der Waals surface area contributed by atoms with Crippen molar-refractivity contribution >= 4 is 44.9 Å². The second-order valence-electron chi connectivity index (χ2n) is 7.88. The van der Waals surface area contributed by atoms with Gasteiger partial charge < -0.3 is 10.0 Å². The molecule has 31 heavy (non-hydrogen) atoms. The number of benzene rings is 2. The van der Waals surface area contributed by atoms with Gasteiger partial charge in [0.05, 0.1) is 20.6 Å². The fourth-order valence-electron chi connectivity index (χ4n) is 4.16. The maximum absolute atomic E-state index is 13.4. The summed E-state index contributed by atoms with van der Waals surface area (Å²) in [6.07, 6.45) is 0.808. The number of amides is 1. The number of aliphatic carboxylic acids is 1. The average molecular weight is 486 g/mol. The molecule has 1 aliphatic carbocycles. The van der Waals surface area contributed by atoms with E-state index in [2.05, 4.69) is 0 Å². The summed E-state index contributed by atoms with van der Waals surface area (Å²) in [4.78, 5) is 26.2. The molecule has 2 aromatic rings. The molecule has 10 heteroatoms. The first-order valence-corrected chi connectivity index (χ1v) is 11.9. The summed E-state index contributed by atoms with van der Waals surface area (Å²) in [7, 11) is -4.09. The minimum absolute atomic E-state index is 0.270. The van der Waals surface area contributed by atoms with Crippen molar-refractivity contribution in [3.63, 3.8) is 0 Å². The number of likely N-dealkylation sites (tertiary alicyclic amines) is 1. The van der Waals surface area contributed by atoms with Crippen LogP contribution in [0.25, 0.3) is 0 Å². The zero-order valence-electron chi connectivity index (χ0n) is 16.1. The van der Waals surface area contributed by atoms with Crippen molar-refractivity contribution in [3.05, 3.63) is 63.9 Å². The number of carbonyl (C=O) groups is 2. The second kappa shape index (κ2) is 7.76. The molecule has 2 aliphatic rings. The van der Waals surface area contributed by atoms with Crippen LogP contribution in [0, 0.1) is 5.82 Å². The van der Waals surface area contributed by atoms with Gasteiger partial charge in [0.25, 0.3) is 0 Å². The summed E-state index contributed by atoms with van der Waals surface area (Å²) in [6.45, 7) is -0.277. The van der Waals surface area contributed by atoms with Crippen molar-refractivity contribution in [2.75, 3.05) is 6.54 Å². The van der Waals surface area contributed by atoms with E-state index in [1.165, 1.54) is 0 Å². The smallest absolute Gasteiger partial charge is 0.326 e. The van der Waals surface area contributed by atoms with Crippen LogP contribution in [0.4, 0.5) is 4.39 Å². The number of carboxylic acid groups (broad SMARTS) is 1. The van der Waals surface area contributed by atoms with Crippen molar-refractivity contribution in [2.24, 2.45) is 0 Å². The molecule has 1 aliphatic heterocycles.